The summed E-state index contributed by atoms with van der Waals surface area (Å²) in [6, 6.07) is 1.40. The van der Waals surface area contributed by atoms with Crippen molar-refractivity contribution in [3.05, 3.63) is 0 Å². The molecule has 0 heterocycles. The van der Waals surface area contributed by atoms with Gasteiger partial charge in [-0.05, 0) is 33.7 Å². The van der Waals surface area contributed by atoms with Crippen LogP contribution in [-0.2, 0) is 0 Å². The Bertz CT molecular complexity index is 146. The van der Waals surface area contributed by atoms with Gasteiger partial charge in [-0.15, -0.1) is 0 Å². The number of likely N-dealkylation sites (N-methyl/N-ethyl adjacent to an activating group) is 1. The fraction of sp³-hybridized carbons (Fsp3) is 1.00. The number of nitrogens with zero attached hydrogens (tertiary/aromatic N) is 1. The summed E-state index contributed by atoms with van der Waals surface area (Å²) in [7, 11) is 2.19. The van der Waals surface area contributed by atoms with Crippen molar-refractivity contribution in [3.63, 3.8) is 0 Å². The van der Waals surface area contributed by atoms with Crippen LogP contribution in [0.2, 0.25) is 0 Å². The molecule has 0 aromatic rings. The minimum Gasteiger partial charge on any atom is -0.392 e. The molecular formula is C10H22N2O. The van der Waals surface area contributed by atoms with Crippen molar-refractivity contribution in [1.82, 2.24) is 10.2 Å². The van der Waals surface area contributed by atoms with Gasteiger partial charge in [-0.1, -0.05) is 0 Å². The van der Waals surface area contributed by atoms with Gasteiger partial charge in [0.25, 0.3) is 0 Å². The van der Waals surface area contributed by atoms with Crippen LogP contribution < -0.4 is 5.32 Å². The molecule has 0 radical (unpaired) electrons. The SMILES string of the molecule is CC(CNC[C@H](C)O)N(C)C1CC1. The highest BCUT2D eigenvalue weighted by molar-refractivity contribution is 4.85. The largest absolute Gasteiger partial charge is 0.392 e. The van der Waals surface area contributed by atoms with Crippen molar-refractivity contribution < 1.29 is 5.11 Å². The lowest BCUT2D eigenvalue weighted by Crippen LogP contribution is -2.40. The van der Waals surface area contributed by atoms with Gasteiger partial charge in [0.1, 0.15) is 0 Å². The predicted molar refractivity (Wildman–Crippen MR) is 54.8 cm³/mol. The quantitative estimate of drug-likeness (QED) is 0.632. The molecule has 0 spiro atoms. The average molecular weight is 186 g/mol. The maximum Gasteiger partial charge on any atom is 0.0636 e. The van der Waals surface area contributed by atoms with Crippen LogP contribution in [0.1, 0.15) is 26.7 Å². The topological polar surface area (TPSA) is 35.5 Å². The Morgan fingerprint density at radius 1 is 1.38 bits per heavy atom. The van der Waals surface area contributed by atoms with Gasteiger partial charge in [-0.25, -0.2) is 0 Å². The smallest absolute Gasteiger partial charge is 0.0636 e. The summed E-state index contributed by atoms with van der Waals surface area (Å²) in [5, 5.41) is 12.3. The summed E-state index contributed by atoms with van der Waals surface area (Å²) in [6.07, 6.45) is 2.48. The molecule has 1 aliphatic rings. The number of aliphatic hydroxyl groups is 1. The van der Waals surface area contributed by atoms with Crippen molar-refractivity contribution in [2.75, 3.05) is 20.1 Å². The molecule has 1 fully saturated rings. The third-order valence-corrected chi connectivity index (χ3v) is 2.70. The number of rotatable bonds is 6. The molecule has 0 aromatic heterocycles. The van der Waals surface area contributed by atoms with Crippen molar-refractivity contribution >= 4 is 0 Å². The van der Waals surface area contributed by atoms with Crippen LogP contribution >= 0.6 is 0 Å². The summed E-state index contributed by atoms with van der Waals surface area (Å²) in [6.45, 7) is 5.70. The molecule has 3 heteroatoms. The molecule has 1 aliphatic carbocycles. The summed E-state index contributed by atoms with van der Waals surface area (Å²) < 4.78 is 0. The zero-order valence-electron chi connectivity index (χ0n) is 8.95. The van der Waals surface area contributed by atoms with Crippen LogP contribution in [0.3, 0.4) is 0 Å². The lowest BCUT2D eigenvalue weighted by atomic mass is 10.3. The Balaban J connectivity index is 2.05. The second kappa shape index (κ2) is 4.94. The van der Waals surface area contributed by atoms with Gasteiger partial charge in [0.05, 0.1) is 6.10 Å². The van der Waals surface area contributed by atoms with Gasteiger partial charge in [0.2, 0.25) is 0 Å². The van der Waals surface area contributed by atoms with Crippen molar-refractivity contribution in [1.29, 1.82) is 0 Å². The summed E-state index contributed by atoms with van der Waals surface area (Å²) >= 11 is 0. The van der Waals surface area contributed by atoms with E-state index in [-0.39, 0.29) is 6.10 Å². The molecule has 0 aliphatic heterocycles. The number of hydrogen-bond donors (Lipinski definition) is 2. The zero-order valence-corrected chi connectivity index (χ0v) is 8.95. The van der Waals surface area contributed by atoms with Gasteiger partial charge in [0.15, 0.2) is 0 Å². The number of nitrogens with one attached hydrogen (secondary N) is 1. The second-order valence-electron chi connectivity index (χ2n) is 4.25. The fourth-order valence-corrected chi connectivity index (χ4v) is 1.49. The minimum absolute atomic E-state index is 0.238. The van der Waals surface area contributed by atoms with E-state index < -0.39 is 0 Å². The van der Waals surface area contributed by atoms with Crippen molar-refractivity contribution in [2.45, 2.75) is 44.9 Å². The average Bonchev–Trinajstić information content (AvgIpc) is 2.84. The molecule has 0 bridgehead atoms. The normalized spacial score (nSPS) is 21.9. The van der Waals surface area contributed by atoms with E-state index in [9.17, 15) is 0 Å². The van der Waals surface area contributed by atoms with E-state index >= 15 is 0 Å². The Morgan fingerprint density at radius 3 is 2.46 bits per heavy atom. The van der Waals surface area contributed by atoms with Crippen LogP contribution in [0, 0.1) is 0 Å². The van der Waals surface area contributed by atoms with E-state index in [1.165, 1.54) is 12.8 Å². The Hall–Kier alpha value is -0.120. The summed E-state index contributed by atoms with van der Waals surface area (Å²) in [5.41, 5.74) is 0. The molecular weight excluding hydrogens is 164 g/mol. The van der Waals surface area contributed by atoms with E-state index in [1.54, 1.807) is 0 Å². The van der Waals surface area contributed by atoms with E-state index in [4.69, 9.17) is 5.11 Å². The van der Waals surface area contributed by atoms with Gasteiger partial charge < -0.3 is 10.4 Å². The molecule has 1 unspecified atom stereocenters. The molecule has 78 valence electrons. The molecule has 13 heavy (non-hydrogen) atoms. The lowest BCUT2D eigenvalue weighted by molar-refractivity contribution is 0.181. The molecule has 3 nitrogen and oxygen atoms in total. The first kappa shape index (κ1) is 11.0. The molecule has 0 amide bonds. The van der Waals surface area contributed by atoms with Crippen LogP contribution in [0.4, 0.5) is 0 Å². The summed E-state index contributed by atoms with van der Waals surface area (Å²) in [4.78, 5) is 2.43. The lowest BCUT2D eigenvalue weighted by Gasteiger charge is -2.24. The van der Waals surface area contributed by atoms with Crippen LogP contribution in [0.25, 0.3) is 0 Å². The van der Waals surface area contributed by atoms with Gasteiger partial charge in [-0.3, -0.25) is 4.90 Å². The Labute approximate surface area is 81.1 Å². The minimum atomic E-state index is -0.238. The summed E-state index contributed by atoms with van der Waals surface area (Å²) in [5.74, 6) is 0. The first-order chi connectivity index (χ1) is 6.11. The van der Waals surface area contributed by atoms with Crippen LogP contribution in [0.5, 0.6) is 0 Å². The third-order valence-electron chi connectivity index (χ3n) is 2.70. The highest BCUT2D eigenvalue weighted by Gasteiger charge is 2.28. The Morgan fingerprint density at radius 2 is 2.00 bits per heavy atom. The standard InChI is InChI=1S/C10H22N2O/c1-8(6-11-7-9(2)13)12(3)10-4-5-10/h8-11,13H,4-7H2,1-3H3/t8?,9-/m0/s1. The van der Waals surface area contributed by atoms with Gasteiger partial charge in [0, 0.05) is 25.2 Å². The first-order valence-corrected chi connectivity index (χ1v) is 5.22. The first-order valence-electron chi connectivity index (χ1n) is 5.22. The zero-order chi connectivity index (χ0) is 9.84. The fourth-order valence-electron chi connectivity index (χ4n) is 1.49. The van der Waals surface area contributed by atoms with E-state index in [0.717, 1.165) is 12.6 Å². The van der Waals surface area contributed by atoms with Crippen molar-refractivity contribution in [2.24, 2.45) is 0 Å². The van der Waals surface area contributed by atoms with Crippen LogP contribution in [-0.4, -0.2) is 48.3 Å². The highest BCUT2D eigenvalue weighted by atomic mass is 16.3. The van der Waals surface area contributed by atoms with Gasteiger partial charge in [-0.2, -0.15) is 0 Å². The molecule has 0 aromatic carbocycles. The monoisotopic (exact) mass is 186 g/mol. The molecule has 0 saturated heterocycles. The molecule has 1 saturated carbocycles. The van der Waals surface area contributed by atoms with Crippen molar-refractivity contribution in [3.8, 4) is 0 Å². The second-order valence-corrected chi connectivity index (χ2v) is 4.25. The highest BCUT2D eigenvalue weighted by Crippen LogP contribution is 2.26. The third kappa shape index (κ3) is 4.07. The number of aliphatic hydroxyl groups excluding tert-OH is 1. The van der Waals surface area contributed by atoms with E-state index in [1.807, 2.05) is 6.92 Å². The number of hydrogen-bond acceptors (Lipinski definition) is 3. The van der Waals surface area contributed by atoms with E-state index in [0.29, 0.717) is 12.6 Å². The maximum atomic E-state index is 9.05. The molecule has 2 N–H and O–H groups in total. The predicted octanol–water partition coefficient (Wildman–Crippen LogP) is 0.440. The Kier molecular flexibility index (Phi) is 4.16. The molecule has 2 atom stereocenters. The maximum absolute atomic E-state index is 9.05. The van der Waals surface area contributed by atoms with Gasteiger partial charge >= 0.3 is 0 Å². The van der Waals surface area contributed by atoms with Crippen LogP contribution in [0.15, 0.2) is 0 Å². The van der Waals surface area contributed by atoms with E-state index in [2.05, 4.69) is 24.2 Å². The molecule has 1 rings (SSSR count).